The fourth-order valence-electron chi connectivity index (χ4n) is 4.14. The first-order valence-electron chi connectivity index (χ1n) is 9.72. The van der Waals surface area contributed by atoms with Crippen LogP contribution in [0.15, 0.2) is 23.1 Å². The molecule has 27 heavy (non-hydrogen) atoms. The third-order valence-electron chi connectivity index (χ3n) is 5.65. The van der Waals surface area contributed by atoms with Gasteiger partial charge in [0.15, 0.2) is 9.84 Å². The molecule has 7 heteroatoms. The van der Waals surface area contributed by atoms with Crippen LogP contribution in [0.4, 0.5) is 0 Å². The van der Waals surface area contributed by atoms with Crippen LogP contribution in [-0.2, 0) is 32.3 Å². The Kier molecular flexibility index (Phi) is 6.19. The number of sulfone groups is 1. The molecule has 1 aliphatic heterocycles. The zero-order valence-corrected chi connectivity index (χ0v) is 16.3. The number of piperidine rings is 1. The van der Waals surface area contributed by atoms with E-state index in [1.54, 1.807) is 17.0 Å². The molecule has 0 spiro atoms. The van der Waals surface area contributed by atoms with Gasteiger partial charge in [-0.2, -0.15) is 0 Å². The largest absolute Gasteiger partial charge is 0.481 e. The second kappa shape index (κ2) is 8.42. The maximum absolute atomic E-state index is 12.7. The van der Waals surface area contributed by atoms with Gasteiger partial charge < -0.3 is 10.0 Å². The number of hydrogen-bond acceptors (Lipinski definition) is 4. The Labute approximate surface area is 160 Å². The number of fused-ring (bicyclic) bond motifs is 1. The van der Waals surface area contributed by atoms with E-state index in [2.05, 4.69) is 0 Å². The smallest absolute Gasteiger partial charge is 0.303 e. The van der Waals surface area contributed by atoms with E-state index < -0.39 is 15.8 Å². The van der Waals surface area contributed by atoms with Crippen LogP contribution in [0.5, 0.6) is 0 Å². The first-order valence-corrected chi connectivity index (χ1v) is 11.4. The number of aliphatic carboxylic acids is 1. The lowest BCUT2D eigenvalue weighted by molar-refractivity contribution is -0.140. The van der Waals surface area contributed by atoms with Crippen molar-refractivity contribution in [3.05, 3.63) is 29.3 Å². The Morgan fingerprint density at radius 2 is 1.85 bits per heavy atom. The second-order valence-electron chi connectivity index (χ2n) is 7.52. The summed E-state index contributed by atoms with van der Waals surface area (Å²) in [6.45, 7) is 0.585. The number of carbonyl (C=O) groups excluding carboxylic acids is 1. The molecule has 1 fully saturated rings. The molecule has 148 valence electrons. The molecule has 0 bridgehead atoms. The van der Waals surface area contributed by atoms with E-state index >= 15 is 0 Å². The highest BCUT2D eigenvalue weighted by molar-refractivity contribution is 7.91. The molecule has 0 radical (unpaired) electrons. The molecule has 0 aromatic heterocycles. The molecule has 1 aromatic rings. The third kappa shape index (κ3) is 4.89. The van der Waals surface area contributed by atoms with E-state index in [0.717, 1.165) is 44.1 Å². The van der Waals surface area contributed by atoms with Crippen LogP contribution in [0.2, 0.25) is 0 Å². The molecule has 3 rings (SSSR count). The van der Waals surface area contributed by atoms with Crippen molar-refractivity contribution in [3.8, 4) is 0 Å². The number of carboxylic acid groups (broad SMARTS) is 1. The van der Waals surface area contributed by atoms with Gasteiger partial charge >= 0.3 is 5.97 Å². The molecule has 1 atom stereocenters. The predicted octanol–water partition coefficient (Wildman–Crippen LogP) is 2.59. The van der Waals surface area contributed by atoms with E-state index in [9.17, 15) is 18.0 Å². The highest BCUT2D eigenvalue weighted by Gasteiger charge is 2.28. The summed E-state index contributed by atoms with van der Waals surface area (Å²) in [7, 11) is -3.50. The number of carbonyl (C=O) groups is 2. The molecule has 6 nitrogen and oxygen atoms in total. The molecule has 0 saturated carbocycles. The summed E-state index contributed by atoms with van der Waals surface area (Å²) in [6.07, 6.45) is 6.02. The summed E-state index contributed by atoms with van der Waals surface area (Å²) in [5.74, 6) is -1.26. The first-order chi connectivity index (χ1) is 12.9. The van der Waals surface area contributed by atoms with Gasteiger partial charge in [-0.25, -0.2) is 8.42 Å². The highest BCUT2D eigenvalue weighted by atomic mass is 32.2. The Morgan fingerprint density at radius 1 is 1.07 bits per heavy atom. The lowest BCUT2D eigenvalue weighted by Crippen LogP contribution is -2.44. The molecule has 1 heterocycles. The van der Waals surface area contributed by atoms with Gasteiger partial charge in [0.1, 0.15) is 0 Å². The fourth-order valence-corrected chi connectivity index (χ4v) is 5.42. The molecule has 1 aromatic carbocycles. The molecule has 1 unspecified atom stereocenters. The van der Waals surface area contributed by atoms with E-state index in [1.807, 2.05) is 6.07 Å². The Balaban J connectivity index is 1.62. The van der Waals surface area contributed by atoms with Gasteiger partial charge in [-0.1, -0.05) is 6.07 Å². The average molecular weight is 394 g/mol. The third-order valence-corrected chi connectivity index (χ3v) is 7.37. The van der Waals surface area contributed by atoms with Crippen molar-refractivity contribution < 1.29 is 23.1 Å². The summed E-state index contributed by atoms with van der Waals surface area (Å²) < 4.78 is 25.3. The second-order valence-corrected chi connectivity index (χ2v) is 9.63. The van der Waals surface area contributed by atoms with Crippen LogP contribution in [0.1, 0.15) is 56.1 Å². The van der Waals surface area contributed by atoms with Crippen molar-refractivity contribution in [2.75, 3.05) is 12.3 Å². The van der Waals surface area contributed by atoms with E-state index in [4.69, 9.17) is 5.11 Å². The van der Waals surface area contributed by atoms with E-state index in [0.29, 0.717) is 17.9 Å². The molecule has 1 amide bonds. The van der Waals surface area contributed by atoms with Crippen molar-refractivity contribution in [1.82, 2.24) is 4.90 Å². The van der Waals surface area contributed by atoms with Crippen molar-refractivity contribution >= 4 is 21.7 Å². The van der Waals surface area contributed by atoms with Gasteiger partial charge in [-0.15, -0.1) is 0 Å². The van der Waals surface area contributed by atoms with E-state index in [-0.39, 0.29) is 30.5 Å². The first kappa shape index (κ1) is 19.9. The maximum atomic E-state index is 12.7. The monoisotopic (exact) mass is 393 g/mol. The highest BCUT2D eigenvalue weighted by Crippen LogP contribution is 2.26. The van der Waals surface area contributed by atoms with Gasteiger partial charge in [0, 0.05) is 25.4 Å². The van der Waals surface area contributed by atoms with Gasteiger partial charge in [-0.05, 0) is 68.2 Å². The summed E-state index contributed by atoms with van der Waals surface area (Å²) in [4.78, 5) is 25.5. The summed E-state index contributed by atoms with van der Waals surface area (Å²) in [5, 5.41) is 8.89. The fraction of sp³-hybridized carbons (Fsp3) is 0.600. The molecular weight excluding hydrogens is 366 g/mol. The zero-order chi connectivity index (χ0) is 19.4. The number of nitrogens with zero attached hydrogens (tertiary/aromatic N) is 1. The molecule has 1 saturated heterocycles. The van der Waals surface area contributed by atoms with E-state index in [1.165, 1.54) is 5.56 Å². The van der Waals surface area contributed by atoms with Crippen LogP contribution in [0, 0.1) is 0 Å². The van der Waals surface area contributed by atoms with Crippen LogP contribution in [0.3, 0.4) is 0 Å². The minimum absolute atomic E-state index is 0.0296. The summed E-state index contributed by atoms with van der Waals surface area (Å²) in [6, 6.07) is 5.22. The van der Waals surface area contributed by atoms with Gasteiger partial charge in [0.2, 0.25) is 5.91 Å². The Hall–Kier alpha value is -1.89. The molecule has 1 aliphatic carbocycles. The van der Waals surface area contributed by atoms with Crippen molar-refractivity contribution in [3.63, 3.8) is 0 Å². The quantitative estimate of drug-likeness (QED) is 0.769. The minimum atomic E-state index is -3.50. The van der Waals surface area contributed by atoms with Gasteiger partial charge in [0.25, 0.3) is 0 Å². The number of hydrogen-bond donors (Lipinski definition) is 1. The number of carboxylic acids is 1. The minimum Gasteiger partial charge on any atom is -0.481 e. The molecular formula is C20H27NO5S. The topological polar surface area (TPSA) is 91.8 Å². The summed E-state index contributed by atoms with van der Waals surface area (Å²) in [5.41, 5.74) is 2.33. The number of likely N-dealkylation sites (tertiary alicyclic amines) is 1. The van der Waals surface area contributed by atoms with Crippen molar-refractivity contribution in [2.45, 2.75) is 68.7 Å². The molecule has 2 aliphatic rings. The standard InChI is InChI=1S/C20H27NO5S/c22-19(21-12-2-1-6-17(21)8-10-20(23)24)11-13-27(25,26)18-9-7-15-4-3-5-16(15)14-18/h7,9,14,17H,1-6,8,10-13H2,(H,23,24). The summed E-state index contributed by atoms with van der Waals surface area (Å²) >= 11 is 0. The van der Waals surface area contributed by atoms with Gasteiger partial charge in [0.05, 0.1) is 10.6 Å². The number of rotatable bonds is 7. The van der Waals surface area contributed by atoms with Crippen LogP contribution >= 0.6 is 0 Å². The van der Waals surface area contributed by atoms with Crippen molar-refractivity contribution in [2.24, 2.45) is 0 Å². The number of aryl methyl sites for hydroxylation is 2. The predicted molar refractivity (Wildman–Crippen MR) is 101 cm³/mol. The van der Waals surface area contributed by atoms with Crippen molar-refractivity contribution in [1.29, 1.82) is 0 Å². The maximum Gasteiger partial charge on any atom is 0.303 e. The average Bonchev–Trinajstić information content (AvgIpc) is 3.12. The Morgan fingerprint density at radius 3 is 2.63 bits per heavy atom. The Bertz CT molecular complexity index is 818. The lowest BCUT2D eigenvalue weighted by Gasteiger charge is -2.35. The SMILES string of the molecule is O=C(O)CCC1CCCCN1C(=O)CCS(=O)(=O)c1ccc2c(c1)CCC2. The normalized spacial score (nSPS) is 19.7. The number of amides is 1. The zero-order valence-electron chi connectivity index (χ0n) is 15.5. The van der Waals surface area contributed by atoms with Crippen LogP contribution < -0.4 is 0 Å². The number of benzene rings is 1. The van der Waals surface area contributed by atoms with Crippen LogP contribution in [-0.4, -0.2) is 48.6 Å². The van der Waals surface area contributed by atoms with Crippen LogP contribution in [0.25, 0.3) is 0 Å². The lowest BCUT2D eigenvalue weighted by atomic mass is 9.97. The molecule has 1 N–H and O–H groups in total. The van der Waals surface area contributed by atoms with Gasteiger partial charge in [-0.3, -0.25) is 9.59 Å².